The third-order valence-electron chi connectivity index (χ3n) is 1.76. The molecule has 0 aliphatic carbocycles. The second-order valence-corrected chi connectivity index (χ2v) is 4.17. The van der Waals surface area contributed by atoms with Gasteiger partial charge < -0.3 is 10.6 Å². The highest BCUT2D eigenvalue weighted by molar-refractivity contribution is 9.10. The van der Waals surface area contributed by atoms with Crippen LogP contribution in [0.2, 0.25) is 0 Å². The molecule has 0 unspecified atom stereocenters. The van der Waals surface area contributed by atoms with Crippen molar-refractivity contribution in [2.24, 2.45) is 0 Å². The molecule has 0 heterocycles. The van der Waals surface area contributed by atoms with Gasteiger partial charge in [0.2, 0.25) is 5.91 Å². The quantitative estimate of drug-likeness (QED) is 0.897. The Kier molecular flexibility index (Phi) is 4.80. The number of rotatable bonds is 4. The van der Waals surface area contributed by atoms with Crippen LogP contribution < -0.4 is 10.6 Å². The van der Waals surface area contributed by atoms with Crippen molar-refractivity contribution in [1.29, 1.82) is 0 Å². The molecule has 0 spiro atoms. The summed E-state index contributed by atoms with van der Waals surface area (Å²) in [6, 6.07) is 6.98. The molecule has 3 nitrogen and oxygen atoms in total. The molecular formula is C10H10BrF3N2O. The Morgan fingerprint density at radius 2 is 2.06 bits per heavy atom. The smallest absolute Gasteiger partial charge is 0.376 e. The van der Waals surface area contributed by atoms with E-state index < -0.39 is 18.6 Å². The van der Waals surface area contributed by atoms with Crippen molar-refractivity contribution in [2.45, 2.75) is 6.18 Å². The van der Waals surface area contributed by atoms with Crippen LogP contribution in [0, 0.1) is 0 Å². The van der Waals surface area contributed by atoms with E-state index in [2.05, 4.69) is 21.2 Å². The molecule has 2 N–H and O–H groups in total. The molecule has 0 bridgehead atoms. The first-order valence-electron chi connectivity index (χ1n) is 4.70. The van der Waals surface area contributed by atoms with Crippen LogP contribution >= 0.6 is 15.9 Å². The van der Waals surface area contributed by atoms with E-state index >= 15 is 0 Å². The lowest BCUT2D eigenvalue weighted by Gasteiger charge is -2.09. The van der Waals surface area contributed by atoms with Gasteiger partial charge in [-0.3, -0.25) is 4.79 Å². The maximum atomic E-state index is 11.8. The third kappa shape index (κ3) is 6.15. The van der Waals surface area contributed by atoms with Gasteiger partial charge in [-0.2, -0.15) is 13.2 Å². The first-order chi connectivity index (χ1) is 7.87. The first kappa shape index (κ1) is 13.8. The molecule has 0 atom stereocenters. The molecule has 0 aliphatic heterocycles. The van der Waals surface area contributed by atoms with Crippen molar-refractivity contribution in [3.05, 3.63) is 28.7 Å². The summed E-state index contributed by atoms with van der Waals surface area (Å²) in [5, 5.41) is 4.48. The standard InChI is InChI=1S/C10H10BrF3N2O/c11-7-2-1-3-8(4-7)15-5-9(17)16-6-10(12,13)14/h1-4,15H,5-6H2,(H,16,17). The molecule has 1 aromatic rings. The molecule has 0 radical (unpaired) electrons. The summed E-state index contributed by atoms with van der Waals surface area (Å²) in [6.07, 6.45) is -4.38. The zero-order chi connectivity index (χ0) is 12.9. The van der Waals surface area contributed by atoms with Crippen molar-refractivity contribution in [3.8, 4) is 0 Å². The van der Waals surface area contributed by atoms with Crippen molar-refractivity contribution in [3.63, 3.8) is 0 Å². The molecule has 7 heteroatoms. The average Bonchev–Trinajstić information content (AvgIpc) is 2.23. The van der Waals surface area contributed by atoms with Gasteiger partial charge in [-0.15, -0.1) is 0 Å². The van der Waals surface area contributed by atoms with Gasteiger partial charge in [-0.05, 0) is 18.2 Å². The van der Waals surface area contributed by atoms with E-state index in [0.29, 0.717) is 5.69 Å². The summed E-state index contributed by atoms with van der Waals surface area (Å²) >= 11 is 3.24. The van der Waals surface area contributed by atoms with E-state index in [1.54, 1.807) is 29.6 Å². The number of hydrogen-bond acceptors (Lipinski definition) is 2. The van der Waals surface area contributed by atoms with Gasteiger partial charge >= 0.3 is 6.18 Å². The summed E-state index contributed by atoms with van der Waals surface area (Å²) in [6.45, 7) is -1.52. The Morgan fingerprint density at radius 3 is 2.65 bits per heavy atom. The van der Waals surface area contributed by atoms with E-state index in [1.165, 1.54) is 0 Å². The lowest BCUT2D eigenvalue weighted by atomic mass is 10.3. The van der Waals surface area contributed by atoms with Crippen LogP contribution in [0.15, 0.2) is 28.7 Å². The fraction of sp³-hybridized carbons (Fsp3) is 0.300. The van der Waals surface area contributed by atoms with Crippen molar-refractivity contribution < 1.29 is 18.0 Å². The number of hydrogen-bond donors (Lipinski definition) is 2. The van der Waals surface area contributed by atoms with Gasteiger partial charge in [-0.1, -0.05) is 22.0 Å². The van der Waals surface area contributed by atoms with Gasteiger partial charge in [0, 0.05) is 10.2 Å². The fourth-order valence-corrected chi connectivity index (χ4v) is 1.44. The normalized spacial score (nSPS) is 11.1. The monoisotopic (exact) mass is 310 g/mol. The zero-order valence-electron chi connectivity index (χ0n) is 8.64. The number of carbonyl (C=O) groups is 1. The van der Waals surface area contributed by atoms with Gasteiger partial charge in [0.25, 0.3) is 0 Å². The number of carbonyl (C=O) groups excluding carboxylic acids is 1. The second kappa shape index (κ2) is 5.90. The van der Waals surface area contributed by atoms with Gasteiger partial charge in [-0.25, -0.2) is 0 Å². The van der Waals surface area contributed by atoms with E-state index in [-0.39, 0.29) is 6.54 Å². The van der Waals surface area contributed by atoms with Crippen molar-refractivity contribution in [2.75, 3.05) is 18.4 Å². The van der Waals surface area contributed by atoms with Crippen LogP contribution in [-0.4, -0.2) is 25.2 Å². The van der Waals surface area contributed by atoms with E-state index in [1.807, 2.05) is 0 Å². The van der Waals surface area contributed by atoms with E-state index in [4.69, 9.17) is 0 Å². The molecule has 1 rings (SSSR count). The Balaban J connectivity index is 2.33. The van der Waals surface area contributed by atoms with E-state index in [0.717, 1.165) is 4.47 Å². The maximum Gasteiger partial charge on any atom is 0.405 e. The lowest BCUT2D eigenvalue weighted by molar-refractivity contribution is -0.137. The van der Waals surface area contributed by atoms with Crippen LogP contribution in [0.25, 0.3) is 0 Å². The van der Waals surface area contributed by atoms with Gasteiger partial charge in [0.05, 0.1) is 6.54 Å². The Labute approximate surface area is 105 Å². The minimum absolute atomic E-state index is 0.202. The molecule has 0 aromatic heterocycles. The number of nitrogens with one attached hydrogen (secondary N) is 2. The summed E-state index contributed by atoms with van der Waals surface area (Å²) in [4.78, 5) is 11.1. The summed E-state index contributed by atoms with van der Waals surface area (Å²) in [5.74, 6) is -0.706. The molecule has 1 aromatic carbocycles. The van der Waals surface area contributed by atoms with Gasteiger partial charge in [0.15, 0.2) is 0 Å². The molecule has 1 amide bonds. The molecular weight excluding hydrogens is 301 g/mol. The highest BCUT2D eigenvalue weighted by Crippen LogP contribution is 2.15. The van der Waals surface area contributed by atoms with Crippen molar-refractivity contribution in [1.82, 2.24) is 5.32 Å². The predicted molar refractivity (Wildman–Crippen MR) is 61.7 cm³/mol. The number of benzene rings is 1. The predicted octanol–water partition coefficient (Wildman–Crippen LogP) is 2.54. The van der Waals surface area contributed by atoms with Crippen LogP contribution in [-0.2, 0) is 4.79 Å². The average molecular weight is 311 g/mol. The van der Waals surface area contributed by atoms with E-state index in [9.17, 15) is 18.0 Å². The maximum absolute atomic E-state index is 11.8. The van der Waals surface area contributed by atoms with Gasteiger partial charge in [0.1, 0.15) is 6.54 Å². The zero-order valence-corrected chi connectivity index (χ0v) is 10.2. The van der Waals surface area contributed by atoms with Crippen LogP contribution in [0.5, 0.6) is 0 Å². The molecule has 0 saturated carbocycles. The lowest BCUT2D eigenvalue weighted by Crippen LogP contribution is -2.37. The van der Waals surface area contributed by atoms with Crippen LogP contribution in [0.3, 0.4) is 0 Å². The number of amides is 1. The molecule has 0 saturated heterocycles. The van der Waals surface area contributed by atoms with Crippen LogP contribution in [0.1, 0.15) is 0 Å². The fourth-order valence-electron chi connectivity index (χ4n) is 1.04. The SMILES string of the molecule is O=C(CNc1cccc(Br)c1)NCC(F)(F)F. The number of alkyl halides is 3. The summed E-state index contributed by atoms with van der Waals surface area (Å²) < 4.78 is 36.2. The summed E-state index contributed by atoms with van der Waals surface area (Å²) in [5.41, 5.74) is 0.654. The number of halogens is 4. The largest absolute Gasteiger partial charge is 0.405 e. The highest BCUT2D eigenvalue weighted by Gasteiger charge is 2.27. The molecule has 94 valence electrons. The summed E-state index contributed by atoms with van der Waals surface area (Å²) in [7, 11) is 0. The van der Waals surface area contributed by atoms with Crippen LogP contribution in [0.4, 0.5) is 18.9 Å². The minimum Gasteiger partial charge on any atom is -0.376 e. The third-order valence-corrected chi connectivity index (χ3v) is 2.26. The molecule has 17 heavy (non-hydrogen) atoms. The van der Waals surface area contributed by atoms with Crippen molar-refractivity contribution >= 4 is 27.5 Å². The Hall–Kier alpha value is -1.24. The molecule has 0 aliphatic rings. The second-order valence-electron chi connectivity index (χ2n) is 3.26. The first-order valence-corrected chi connectivity index (χ1v) is 5.49. The number of anilines is 1. The molecule has 0 fully saturated rings. The topological polar surface area (TPSA) is 41.1 Å². The highest BCUT2D eigenvalue weighted by atomic mass is 79.9. The Bertz CT molecular complexity index is 395. The minimum atomic E-state index is -4.38. The Morgan fingerprint density at radius 1 is 1.35 bits per heavy atom.